The lowest BCUT2D eigenvalue weighted by Gasteiger charge is -2.14. The fourth-order valence-electron chi connectivity index (χ4n) is 3.15. The van der Waals surface area contributed by atoms with E-state index in [0.29, 0.717) is 12.4 Å². The van der Waals surface area contributed by atoms with Gasteiger partial charge in [-0.3, -0.25) is 0 Å². The van der Waals surface area contributed by atoms with Crippen LogP contribution in [0.4, 0.5) is 11.8 Å². The van der Waals surface area contributed by atoms with Gasteiger partial charge in [0.25, 0.3) is 0 Å². The Morgan fingerprint density at radius 3 is 2.81 bits per heavy atom. The van der Waals surface area contributed by atoms with Crippen LogP contribution in [0.3, 0.4) is 0 Å². The van der Waals surface area contributed by atoms with Gasteiger partial charge in [-0.25, -0.2) is 4.98 Å². The second-order valence-corrected chi connectivity index (χ2v) is 6.79. The van der Waals surface area contributed by atoms with Crippen molar-refractivity contribution in [3.63, 3.8) is 0 Å². The van der Waals surface area contributed by atoms with Crippen molar-refractivity contribution in [2.75, 3.05) is 24.7 Å². The fourth-order valence-corrected chi connectivity index (χ4v) is 3.31. The van der Waals surface area contributed by atoms with Gasteiger partial charge in [-0.15, -0.1) is 11.6 Å². The summed E-state index contributed by atoms with van der Waals surface area (Å²) in [5.41, 5.74) is 9.77. The molecule has 0 aliphatic heterocycles. The first-order valence-corrected chi connectivity index (χ1v) is 9.77. The maximum atomic E-state index is 5.94. The average Bonchev–Trinajstić information content (AvgIpc) is 3.08. The first kappa shape index (κ1) is 19.3. The molecule has 7 heteroatoms. The zero-order valence-electron chi connectivity index (χ0n) is 15.8. The lowest BCUT2D eigenvalue weighted by molar-refractivity contribution is 0.408. The highest BCUT2D eigenvalue weighted by Gasteiger charge is 2.13. The second kappa shape index (κ2) is 8.95. The minimum Gasteiger partial charge on any atom is -0.496 e. The molecule has 6 nitrogen and oxygen atoms in total. The third kappa shape index (κ3) is 4.45. The molecule has 1 aromatic carbocycles. The Kier molecular flexibility index (Phi) is 6.40. The molecule has 0 atom stereocenters. The van der Waals surface area contributed by atoms with Gasteiger partial charge in [-0.1, -0.05) is 31.9 Å². The van der Waals surface area contributed by atoms with Crippen LogP contribution in [-0.2, 0) is 12.4 Å². The normalized spacial score (nSPS) is 11.1. The lowest BCUT2D eigenvalue weighted by Crippen LogP contribution is -2.09. The van der Waals surface area contributed by atoms with Crippen molar-refractivity contribution in [1.82, 2.24) is 14.5 Å². The van der Waals surface area contributed by atoms with Gasteiger partial charge in [-0.05, 0) is 24.1 Å². The van der Waals surface area contributed by atoms with Gasteiger partial charge in [0.15, 0.2) is 5.82 Å². The number of nitrogens with two attached hydrogens (primary N) is 1. The number of fused-ring (bicyclic) bond motifs is 1. The van der Waals surface area contributed by atoms with Crippen molar-refractivity contribution in [2.45, 2.75) is 38.6 Å². The Balaban J connectivity index is 1.93. The van der Waals surface area contributed by atoms with Gasteiger partial charge in [0.05, 0.1) is 19.2 Å². The van der Waals surface area contributed by atoms with Crippen LogP contribution in [0.5, 0.6) is 5.75 Å². The third-order valence-corrected chi connectivity index (χ3v) is 4.86. The molecule has 2 heterocycles. The molecule has 0 aliphatic carbocycles. The van der Waals surface area contributed by atoms with Crippen molar-refractivity contribution < 1.29 is 4.74 Å². The van der Waals surface area contributed by atoms with Gasteiger partial charge in [0.1, 0.15) is 11.3 Å². The second-order valence-electron chi connectivity index (χ2n) is 6.52. The van der Waals surface area contributed by atoms with E-state index in [2.05, 4.69) is 32.8 Å². The zero-order valence-corrected chi connectivity index (χ0v) is 16.6. The number of anilines is 2. The van der Waals surface area contributed by atoms with E-state index in [1.165, 1.54) is 12.8 Å². The Morgan fingerprint density at radius 1 is 1.22 bits per heavy atom. The molecular weight excluding hydrogens is 362 g/mol. The summed E-state index contributed by atoms with van der Waals surface area (Å²) in [6.07, 6.45) is 5.46. The standard InChI is InChI=1S/C20H26ClN5O/c1-3-4-5-9-23-19-18-16(24-20(22)25-19)8-10-26(18)13-15-7-6-14(12-21)11-17(15)27-2/h6-8,10-11H,3-5,9,12-13H2,1-2H3,(H3,22,23,24,25). The van der Waals surface area contributed by atoms with E-state index < -0.39 is 0 Å². The largest absolute Gasteiger partial charge is 0.496 e. The zero-order chi connectivity index (χ0) is 19.2. The Labute approximate surface area is 164 Å². The quantitative estimate of drug-likeness (QED) is 0.420. The summed E-state index contributed by atoms with van der Waals surface area (Å²) in [7, 11) is 1.68. The van der Waals surface area contributed by atoms with Crippen LogP contribution >= 0.6 is 11.6 Å². The number of nitrogens with one attached hydrogen (secondary N) is 1. The van der Waals surface area contributed by atoms with E-state index in [4.69, 9.17) is 22.1 Å². The van der Waals surface area contributed by atoms with E-state index in [9.17, 15) is 0 Å². The lowest BCUT2D eigenvalue weighted by atomic mass is 10.1. The molecule has 3 rings (SSSR count). The summed E-state index contributed by atoms with van der Waals surface area (Å²) < 4.78 is 7.67. The minimum absolute atomic E-state index is 0.280. The van der Waals surface area contributed by atoms with Crippen LogP contribution in [0.15, 0.2) is 30.5 Å². The topological polar surface area (TPSA) is 78.0 Å². The van der Waals surface area contributed by atoms with Gasteiger partial charge in [0.2, 0.25) is 5.95 Å². The Bertz CT molecular complexity index is 909. The van der Waals surface area contributed by atoms with Crippen molar-refractivity contribution >= 4 is 34.4 Å². The highest BCUT2D eigenvalue weighted by Crippen LogP contribution is 2.27. The summed E-state index contributed by atoms with van der Waals surface area (Å²) in [6, 6.07) is 8.01. The molecule has 0 saturated heterocycles. The molecule has 3 aromatic rings. The summed E-state index contributed by atoms with van der Waals surface area (Å²) >= 11 is 5.94. The number of alkyl halides is 1. The Morgan fingerprint density at radius 2 is 2.07 bits per heavy atom. The fraction of sp³-hybridized carbons (Fsp3) is 0.400. The first-order chi connectivity index (χ1) is 13.2. The minimum atomic E-state index is 0.280. The number of nitrogens with zero attached hydrogens (tertiary/aromatic N) is 3. The molecule has 0 bridgehead atoms. The van der Waals surface area contributed by atoms with Crippen LogP contribution in [0.2, 0.25) is 0 Å². The molecule has 144 valence electrons. The summed E-state index contributed by atoms with van der Waals surface area (Å²) in [5.74, 6) is 2.34. The van der Waals surface area contributed by atoms with E-state index in [-0.39, 0.29) is 5.95 Å². The van der Waals surface area contributed by atoms with Gasteiger partial charge in [0, 0.05) is 24.2 Å². The number of halogens is 1. The molecule has 27 heavy (non-hydrogen) atoms. The molecule has 3 N–H and O–H groups in total. The highest BCUT2D eigenvalue weighted by atomic mass is 35.5. The predicted molar refractivity (Wildman–Crippen MR) is 112 cm³/mol. The summed E-state index contributed by atoms with van der Waals surface area (Å²) in [6.45, 7) is 3.69. The maximum Gasteiger partial charge on any atom is 0.222 e. The number of unbranched alkanes of at least 4 members (excludes halogenated alkanes) is 2. The summed E-state index contributed by atoms with van der Waals surface area (Å²) in [4.78, 5) is 8.80. The number of hydrogen-bond donors (Lipinski definition) is 2. The maximum absolute atomic E-state index is 5.94. The first-order valence-electron chi connectivity index (χ1n) is 9.24. The van der Waals surface area contributed by atoms with E-state index in [1.807, 2.05) is 24.4 Å². The van der Waals surface area contributed by atoms with Crippen molar-refractivity contribution in [3.8, 4) is 5.75 Å². The predicted octanol–water partition coefficient (Wildman–Crippen LogP) is 4.41. The molecule has 0 spiro atoms. The SMILES string of the molecule is CCCCCNc1nc(N)nc2ccn(Cc3ccc(CCl)cc3OC)c12. The number of ether oxygens (including phenoxy) is 1. The molecule has 0 fully saturated rings. The third-order valence-electron chi connectivity index (χ3n) is 4.55. The van der Waals surface area contributed by atoms with E-state index in [0.717, 1.165) is 46.7 Å². The van der Waals surface area contributed by atoms with Crippen LogP contribution in [-0.4, -0.2) is 28.2 Å². The molecule has 0 saturated carbocycles. The number of aromatic nitrogens is 3. The number of methoxy groups -OCH3 is 1. The smallest absolute Gasteiger partial charge is 0.222 e. The number of hydrogen-bond acceptors (Lipinski definition) is 5. The number of nitrogen functional groups attached to an aromatic ring is 1. The van der Waals surface area contributed by atoms with Gasteiger partial charge < -0.3 is 20.4 Å². The molecule has 0 radical (unpaired) electrons. The van der Waals surface area contributed by atoms with Crippen LogP contribution < -0.4 is 15.8 Å². The van der Waals surface area contributed by atoms with Crippen molar-refractivity contribution in [1.29, 1.82) is 0 Å². The molecule has 0 aliphatic rings. The molecule has 0 amide bonds. The Hall–Kier alpha value is -2.47. The van der Waals surface area contributed by atoms with Crippen LogP contribution in [0.25, 0.3) is 11.0 Å². The van der Waals surface area contributed by atoms with Crippen molar-refractivity contribution in [3.05, 3.63) is 41.6 Å². The number of rotatable bonds is 9. The molecule has 0 unspecified atom stereocenters. The molecular formula is C20H26ClN5O. The van der Waals surface area contributed by atoms with E-state index >= 15 is 0 Å². The average molecular weight is 388 g/mol. The molecule has 2 aromatic heterocycles. The van der Waals surface area contributed by atoms with E-state index in [1.54, 1.807) is 7.11 Å². The van der Waals surface area contributed by atoms with Gasteiger partial charge >= 0.3 is 0 Å². The monoisotopic (exact) mass is 387 g/mol. The van der Waals surface area contributed by atoms with Crippen LogP contribution in [0, 0.1) is 0 Å². The van der Waals surface area contributed by atoms with Crippen molar-refractivity contribution in [2.24, 2.45) is 0 Å². The summed E-state index contributed by atoms with van der Waals surface area (Å²) in [5, 5.41) is 3.42. The highest BCUT2D eigenvalue weighted by molar-refractivity contribution is 6.17. The van der Waals surface area contributed by atoms with Crippen LogP contribution in [0.1, 0.15) is 37.3 Å². The van der Waals surface area contributed by atoms with Gasteiger partial charge in [-0.2, -0.15) is 4.98 Å². The number of benzene rings is 1.